The van der Waals surface area contributed by atoms with Gasteiger partial charge in [-0.3, -0.25) is 9.80 Å². The lowest BCUT2D eigenvalue weighted by Gasteiger charge is -2.38. The Morgan fingerprint density at radius 1 is 0.737 bits per heavy atom. The summed E-state index contributed by atoms with van der Waals surface area (Å²) >= 11 is 12.6. The maximum absolute atomic E-state index is 14.2. The Labute approximate surface area is 344 Å². The van der Waals surface area contributed by atoms with Crippen LogP contribution in [0.5, 0.6) is 40.2 Å². The van der Waals surface area contributed by atoms with Crippen LogP contribution in [-0.4, -0.2) is 66.7 Å². The van der Waals surface area contributed by atoms with Crippen LogP contribution in [0.25, 0.3) is 0 Å². The highest BCUT2D eigenvalue weighted by atomic mass is 35.5. The normalized spacial score (nSPS) is 18.1. The van der Waals surface area contributed by atoms with Gasteiger partial charge in [-0.25, -0.2) is 8.42 Å². The summed E-state index contributed by atoms with van der Waals surface area (Å²) in [6, 6.07) is 22.6. The number of rotatable bonds is 6. The van der Waals surface area contributed by atoms with E-state index in [9.17, 15) is 8.42 Å². The van der Waals surface area contributed by atoms with E-state index in [1.54, 1.807) is 27.4 Å². The van der Waals surface area contributed by atoms with Crippen molar-refractivity contribution in [1.29, 1.82) is 0 Å². The number of sulfone groups is 1. The van der Waals surface area contributed by atoms with E-state index in [4.69, 9.17) is 46.9 Å². The molecule has 4 heterocycles. The summed E-state index contributed by atoms with van der Waals surface area (Å²) in [6.07, 6.45) is 2.90. The van der Waals surface area contributed by atoms with Crippen LogP contribution in [0.1, 0.15) is 56.6 Å². The van der Waals surface area contributed by atoms with Gasteiger partial charge in [-0.2, -0.15) is 0 Å². The minimum absolute atomic E-state index is 0.00170. The minimum Gasteiger partial charge on any atom is -0.493 e. The lowest BCUT2D eigenvalue weighted by molar-refractivity contribution is 0.220. The molecular weight excluding hydrogens is 783 g/mol. The van der Waals surface area contributed by atoms with E-state index in [0.29, 0.717) is 51.5 Å². The number of ether oxygens (including phenoxy) is 5. The van der Waals surface area contributed by atoms with Gasteiger partial charge in [0.15, 0.2) is 32.8 Å². The van der Waals surface area contributed by atoms with Crippen molar-refractivity contribution in [2.75, 3.05) is 48.5 Å². The number of halogens is 2. The molecule has 298 valence electrons. The summed E-state index contributed by atoms with van der Waals surface area (Å²) in [4.78, 5) is 4.70. The predicted molar refractivity (Wildman–Crippen MR) is 223 cm³/mol. The van der Waals surface area contributed by atoms with E-state index >= 15 is 0 Å². The van der Waals surface area contributed by atoms with Crippen molar-refractivity contribution in [1.82, 2.24) is 9.80 Å². The highest BCUT2D eigenvalue weighted by molar-refractivity contribution is 7.90. The van der Waals surface area contributed by atoms with Crippen LogP contribution >= 0.6 is 23.2 Å². The fourth-order valence-corrected chi connectivity index (χ4v) is 10.8. The van der Waals surface area contributed by atoms with E-state index < -0.39 is 9.84 Å². The van der Waals surface area contributed by atoms with Crippen LogP contribution in [0.4, 0.5) is 0 Å². The standard InChI is InChI=1S/C45H46Cl2N2O7S/c1-26-17-28-13-15-48(2)36-18-27-7-10-33(11-8-27)55-40-21-30(31(22-39(40)52-4)25-57(50,51)42-12-9-32(46)23-35(42)47)19-37-43-29(14-16-49(37)3)20-41(53-5)44(54-6)45(43)56-38(26)24-34(28)36/h7-12,17,20-24,36-37H,13-16,18-19,25H2,1-6H3/t36-,37-/m0/s1. The average Bonchev–Trinajstić information content (AvgIpc) is 3.18. The second kappa shape index (κ2) is 15.7. The third-order valence-electron chi connectivity index (χ3n) is 11.7. The van der Waals surface area contributed by atoms with Crippen molar-refractivity contribution in [3.05, 3.63) is 127 Å². The zero-order valence-corrected chi connectivity index (χ0v) is 35.3. The third kappa shape index (κ3) is 7.54. The molecule has 5 aromatic rings. The average molecular weight is 830 g/mol. The van der Waals surface area contributed by atoms with Gasteiger partial charge in [-0.15, -0.1) is 0 Å². The highest BCUT2D eigenvalue weighted by Crippen LogP contribution is 2.51. The molecule has 0 aliphatic carbocycles. The fourth-order valence-electron chi connectivity index (χ4n) is 8.57. The summed E-state index contributed by atoms with van der Waals surface area (Å²) in [6.45, 7) is 3.79. The van der Waals surface area contributed by atoms with Crippen LogP contribution in [0.3, 0.4) is 0 Å². The molecule has 2 atom stereocenters. The molecule has 0 aromatic heterocycles. The predicted octanol–water partition coefficient (Wildman–Crippen LogP) is 9.74. The summed E-state index contributed by atoms with van der Waals surface area (Å²) in [5.41, 5.74) is 8.10. The molecule has 0 saturated heterocycles. The molecule has 0 saturated carbocycles. The molecule has 12 heteroatoms. The molecule has 0 N–H and O–H groups in total. The number of hydrogen-bond donors (Lipinski definition) is 0. The van der Waals surface area contributed by atoms with Gasteiger partial charge in [-0.1, -0.05) is 41.4 Å². The lowest BCUT2D eigenvalue weighted by atomic mass is 9.86. The summed E-state index contributed by atoms with van der Waals surface area (Å²) in [5, 5.41) is 0.412. The van der Waals surface area contributed by atoms with E-state index in [0.717, 1.165) is 60.4 Å². The quantitative estimate of drug-likeness (QED) is 0.166. The minimum atomic E-state index is -3.95. The maximum atomic E-state index is 14.2. The molecular formula is C45H46Cl2N2O7S. The number of methoxy groups -OCH3 is 3. The zero-order chi connectivity index (χ0) is 40.2. The zero-order valence-electron chi connectivity index (χ0n) is 32.9. The van der Waals surface area contributed by atoms with Crippen molar-refractivity contribution in [3.8, 4) is 40.2 Å². The van der Waals surface area contributed by atoms with Gasteiger partial charge in [0.05, 0.1) is 37.0 Å². The van der Waals surface area contributed by atoms with Crippen LogP contribution < -0.4 is 23.7 Å². The molecule has 5 aromatic carbocycles. The topological polar surface area (TPSA) is 86.8 Å². The van der Waals surface area contributed by atoms with E-state index in [1.807, 2.05) is 24.3 Å². The fraction of sp³-hybridized carbons (Fsp3) is 0.333. The Hall–Kier alpha value is -4.45. The number of fused-ring (bicyclic) bond motifs is 2. The van der Waals surface area contributed by atoms with Crippen LogP contribution in [0.15, 0.2) is 77.7 Å². The number of benzene rings is 5. The number of nitrogens with zero attached hydrogens (tertiary/aromatic N) is 2. The Kier molecular flexibility index (Phi) is 10.9. The number of aryl methyl sites for hydroxylation is 1. The third-order valence-corrected chi connectivity index (χ3v) is 14.1. The smallest absolute Gasteiger partial charge is 0.204 e. The van der Waals surface area contributed by atoms with E-state index in [2.05, 4.69) is 55.1 Å². The molecule has 9 rings (SSSR count). The van der Waals surface area contributed by atoms with Crippen molar-refractivity contribution < 1.29 is 32.1 Å². The van der Waals surface area contributed by atoms with Crippen molar-refractivity contribution >= 4 is 33.0 Å². The molecule has 0 unspecified atom stereocenters. The molecule has 0 spiro atoms. The van der Waals surface area contributed by atoms with Crippen molar-refractivity contribution in [2.45, 2.75) is 55.3 Å². The second-order valence-electron chi connectivity index (χ2n) is 15.2. The van der Waals surface area contributed by atoms with Crippen LogP contribution in [0, 0.1) is 6.92 Å². The summed E-state index contributed by atoms with van der Waals surface area (Å²) in [7, 11) is 5.14. The second-order valence-corrected chi connectivity index (χ2v) is 18.0. The molecule has 4 aliphatic heterocycles. The van der Waals surface area contributed by atoms with Gasteiger partial charge >= 0.3 is 0 Å². The van der Waals surface area contributed by atoms with Gasteiger partial charge < -0.3 is 23.7 Å². The first-order valence-electron chi connectivity index (χ1n) is 19.0. The van der Waals surface area contributed by atoms with Gasteiger partial charge in [0, 0.05) is 35.8 Å². The SMILES string of the molecule is COc1cc(CS(=O)(=O)c2ccc(Cl)cc2Cl)c2cc1Oc1ccc(cc1)C[C@H]1c3cc(c(C)cc3CCN1C)Oc1c(OC)c(OC)cc3c1[C@H](C2)N(C)CC3. The molecule has 4 aliphatic rings. The molecule has 0 radical (unpaired) electrons. The summed E-state index contributed by atoms with van der Waals surface area (Å²) < 4.78 is 59.9. The van der Waals surface area contributed by atoms with Gasteiger partial charge in [-0.05, 0) is 140 Å². The maximum Gasteiger partial charge on any atom is 0.204 e. The summed E-state index contributed by atoms with van der Waals surface area (Å²) in [5.74, 6) is 3.58. The molecule has 0 amide bonds. The molecule has 57 heavy (non-hydrogen) atoms. The van der Waals surface area contributed by atoms with Crippen molar-refractivity contribution in [2.24, 2.45) is 0 Å². The van der Waals surface area contributed by atoms with Gasteiger partial charge in [0.1, 0.15) is 11.5 Å². The Bertz CT molecular complexity index is 2470. The Morgan fingerprint density at radius 2 is 1.46 bits per heavy atom. The largest absolute Gasteiger partial charge is 0.493 e. The van der Waals surface area contributed by atoms with Gasteiger partial charge in [0.25, 0.3) is 0 Å². The molecule has 0 fully saturated rings. The first-order valence-corrected chi connectivity index (χ1v) is 21.4. The lowest BCUT2D eigenvalue weighted by Crippen LogP contribution is -2.34. The van der Waals surface area contributed by atoms with Crippen LogP contribution in [-0.2, 0) is 41.3 Å². The molecule has 6 bridgehead atoms. The van der Waals surface area contributed by atoms with Crippen molar-refractivity contribution in [3.63, 3.8) is 0 Å². The molecule has 9 nitrogen and oxygen atoms in total. The number of hydrogen-bond acceptors (Lipinski definition) is 9. The van der Waals surface area contributed by atoms with E-state index in [-0.39, 0.29) is 27.8 Å². The first-order chi connectivity index (χ1) is 27.4. The van der Waals surface area contributed by atoms with E-state index in [1.165, 1.54) is 34.9 Å². The van der Waals surface area contributed by atoms with Gasteiger partial charge in [0.2, 0.25) is 5.75 Å². The number of likely N-dealkylation sites (N-methyl/N-ethyl adjacent to an activating group) is 2. The Morgan fingerprint density at radius 3 is 2.16 bits per heavy atom. The van der Waals surface area contributed by atoms with Crippen LogP contribution in [0.2, 0.25) is 10.0 Å². The monoisotopic (exact) mass is 828 g/mol. The Balaban J connectivity index is 1.35. The first kappa shape index (κ1) is 39.4. The highest BCUT2D eigenvalue weighted by Gasteiger charge is 2.35.